The Morgan fingerprint density at radius 2 is 1.80 bits per heavy atom. The zero-order chi connectivity index (χ0) is 28.8. The van der Waals surface area contributed by atoms with E-state index < -0.39 is 48.1 Å². The monoisotopic (exact) mass is 573 g/mol. The van der Waals surface area contributed by atoms with Gasteiger partial charge in [0.25, 0.3) is 5.60 Å². The molecule has 1 fully saturated rings. The number of anilines is 1. The van der Waals surface area contributed by atoms with Gasteiger partial charge in [0.1, 0.15) is 24.1 Å². The topological polar surface area (TPSA) is 209 Å². The highest BCUT2D eigenvalue weighted by atomic mass is 35.5. The summed E-state index contributed by atoms with van der Waals surface area (Å²) in [7, 11) is 1.13. The molecule has 0 bridgehead atoms. The lowest BCUT2D eigenvalue weighted by atomic mass is 9.93. The van der Waals surface area contributed by atoms with Crippen molar-refractivity contribution in [2.75, 3.05) is 12.8 Å². The van der Waals surface area contributed by atoms with Crippen molar-refractivity contribution in [3.8, 4) is 11.1 Å². The number of nitrogens with zero attached hydrogens (tertiary/aromatic N) is 6. The fourth-order valence-electron chi connectivity index (χ4n) is 4.52. The van der Waals surface area contributed by atoms with Gasteiger partial charge in [-0.15, -0.1) is 0 Å². The van der Waals surface area contributed by atoms with E-state index in [1.165, 1.54) is 18.5 Å². The average Bonchev–Trinajstić information content (AvgIpc) is 3.27. The van der Waals surface area contributed by atoms with Gasteiger partial charge in [-0.25, -0.2) is 28.9 Å². The lowest BCUT2D eigenvalue weighted by molar-refractivity contribution is -0.190. The number of ether oxygens (including phenoxy) is 2. The third kappa shape index (κ3) is 4.38. The molecule has 208 valence electrons. The lowest BCUT2D eigenvalue weighted by Crippen LogP contribution is -2.52. The van der Waals surface area contributed by atoms with E-state index in [1.54, 1.807) is 24.5 Å². The van der Waals surface area contributed by atoms with Crippen LogP contribution in [-0.4, -0.2) is 87.3 Å². The summed E-state index contributed by atoms with van der Waals surface area (Å²) in [6.45, 7) is 0. The molecule has 4 atom stereocenters. The molecule has 40 heavy (non-hydrogen) atoms. The molecule has 16 heteroatoms. The molecule has 1 aliphatic rings. The number of alkyl halides is 1. The predicted octanol–water partition coefficient (Wildman–Crippen LogP) is 1.28. The molecule has 3 heterocycles. The number of carbonyl (C=O) groups is 2. The molecule has 0 aliphatic heterocycles. The fraction of sp³-hybridized carbons (Fsp3) is 0.292. The molecule has 0 saturated heterocycles. The van der Waals surface area contributed by atoms with Crippen LogP contribution in [0.15, 0.2) is 49.3 Å². The lowest BCUT2D eigenvalue weighted by Gasteiger charge is -2.27. The van der Waals surface area contributed by atoms with E-state index in [9.17, 15) is 24.9 Å². The normalized spacial score (nSPS) is 21.3. The highest BCUT2D eigenvalue weighted by Gasteiger charge is 2.75. The minimum atomic E-state index is -2.91. The number of rotatable bonds is 10. The zero-order valence-electron chi connectivity index (χ0n) is 20.5. The number of nitrogens with two attached hydrogens (primary N) is 1. The molecule has 14 nitrogen and oxygen atoms in total. The molecule has 5 N–H and O–H groups in total. The third-order valence-corrected chi connectivity index (χ3v) is 6.87. The molecule has 1 aliphatic carbocycles. The number of hydrogen-bond donors (Lipinski definition) is 4. The summed E-state index contributed by atoms with van der Waals surface area (Å²) in [5, 5.41) is 31.0. The first kappa shape index (κ1) is 27.3. The number of hydrogen-bond acceptors (Lipinski definition) is 11. The first-order valence-electron chi connectivity index (χ1n) is 11.6. The van der Waals surface area contributed by atoms with E-state index in [0.29, 0.717) is 11.1 Å². The number of halogens is 2. The molecule has 3 aromatic heterocycles. The number of fused-ring (bicyclic) bond motifs is 1. The van der Waals surface area contributed by atoms with Gasteiger partial charge in [-0.05, 0) is 22.7 Å². The number of aliphatic carboxylic acids is 2. The molecule has 0 radical (unpaired) electrons. The van der Waals surface area contributed by atoms with Crippen LogP contribution < -0.4 is 5.73 Å². The highest BCUT2D eigenvalue weighted by Crippen LogP contribution is 2.52. The van der Waals surface area contributed by atoms with Gasteiger partial charge in [-0.1, -0.05) is 24.3 Å². The minimum absolute atomic E-state index is 0.00124. The zero-order valence-corrected chi connectivity index (χ0v) is 21.3. The minimum Gasteiger partial charge on any atom is -0.479 e. The quantitative estimate of drug-likeness (QED) is 0.156. The highest BCUT2D eigenvalue weighted by molar-refractivity contribution is 6.28. The number of nitrogen functional groups attached to an aromatic ring is 1. The van der Waals surface area contributed by atoms with Gasteiger partial charge in [0.15, 0.2) is 17.1 Å². The number of carboxylic acid groups (broad SMARTS) is 2. The molecular weight excluding hydrogens is 553 g/mol. The van der Waals surface area contributed by atoms with Crippen LogP contribution in [0.3, 0.4) is 0 Å². The molecule has 5 rings (SSSR count). The predicted molar refractivity (Wildman–Crippen MR) is 135 cm³/mol. The second-order valence-electron chi connectivity index (χ2n) is 9.06. The third-order valence-electron chi connectivity index (χ3n) is 6.70. The van der Waals surface area contributed by atoms with Crippen LogP contribution in [0.5, 0.6) is 0 Å². The SMILES string of the molecule is CO[C@@H]1C(OC(Cc2ccc(-c3cncnc3)cc2)(C(=O)O)C(=O)O)[C@@]1(O)[C@H](F)n1cnc2c(N)nc(Cl)nc21. The summed E-state index contributed by atoms with van der Waals surface area (Å²) >= 11 is 5.84. The van der Waals surface area contributed by atoms with Crippen LogP contribution in [-0.2, 0) is 25.5 Å². The van der Waals surface area contributed by atoms with Crippen molar-refractivity contribution in [3.63, 3.8) is 0 Å². The van der Waals surface area contributed by atoms with Gasteiger partial charge in [0, 0.05) is 31.5 Å². The molecule has 0 amide bonds. The summed E-state index contributed by atoms with van der Waals surface area (Å²) in [6, 6.07) is 6.30. The van der Waals surface area contributed by atoms with Crippen LogP contribution in [0.4, 0.5) is 10.2 Å². The van der Waals surface area contributed by atoms with Crippen molar-refractivity contribution in [2.45, 2.75) is 36.1 Å². The fourth-order valence-corrected chi connectivity index (χ4v) is 4.69. The van der Waals surface area contributed by atoms with E-state index in [-0.39, 0.29) is 27.8 Å². The number of imidazole rings is 1. The Bertz CT molecular complexity index is 1580. The van der Waals surface area contributed by atoms with Crippen LogP contribution >= 0.6 is 11.6 Å². The van der Waals surface area contributed by atoms with Crippen LogP contribution in [0, 0.1) is 0 Å². The Hall–Kier alpha value is -4.31. The van der Waals surface area contributed by atoms with Gasteiger partial charge in [0.05, 0.1) is 6.33 Å². The summed E-state index contributed by atoms with van der Waals surface area (Å²) in [5.41, 5.74) is 1.84. The van der Waals surface area contributed by atoms with Crippen molar-refractivity contribution in [3.05, 3.63) is 60.2 Å². The van der Waals surface area contributed by atoms with E-state index in [2.05, 4.69) is 24.9 Å². The second kappa shape index (κ2) is 10.0. The van der Waals surface area contributed by atoms with Crippen molar-refractivity contribution < 1.29 is 38.8 Å². The Morgan fingerprint density at radius 3 is 2.40 bits per heavy atom. The second-order valence-corrected chi connectivity index (χ2v) is 9.40. The van der Waals surface area contributed by atoms with Crippen molar-refractivity contribution in [2.24, 2.45) is 0 Å². The van der Waals surface area contributed by atoms with Crippen LogP contribution in [0.25, 0.3) is 22.3 Å². The molecule has 0 spiro atoms. The van der Waals surface area contributed by atoms with Gasteiger partial charge < -0.3 is 30.5 Å². The molecule has 1 saturated carbocycles. The molecule has 1 unspecified atom stereocenters. The number of benzene rings is 1. The molecule has 1 aromatic carbocycles. The Morgan fingerprint density at radius 1 is 1.15 bits per heavy atom. The van der Waals surface area contributed by atoms with Gasteiger partial charge in [0.2, 0.25) is 11.6 Å². The number of aliphatic hydroxyl groups is 1. The van der Waals surface area contributed by atoms with Gasteiger partial charge in [-0.2, -0.15) is 9.97 Å². The maximum atomic E-state index is 15.9. The maximum Gasteiger partial charge on any atom is 0.348 e. The Kier molecular flexibility index (Phi) is 6.83. The number of methoxy groups -OCH3 is 1. The standard InChI is InChI=1S/C24H21ClFN7O7/c1-39-15-16(24(15,38)19(26)33-10-30-14-17(27)31-22(25)32-18(14)33)40-23(20(34)35,21(36)37)6-11-2-4-12(5-3-11)13-7-28-9-29-8-13/h2-5,7-10,15-16,19,38H,6H2,1H3,(H,34,35)(H,36,37)(H2,27,31,32)/t15-,16?,19-,24-/m1/s1. The number of carboxylic acids is 2. The van der Waals surface area contributed by atoms with Gasteiger partial charge >= 0.3 is 11.9 Å². The average molecular weight is 574 g/mol. The van der Waals surface area contributed by atoms with E-state index in [0.717, 1.165) is 18.0 Å². The van der Waals surface area contributed by atoms with E-state index >= 15 is 4.39 Å². The summed E-state index contributed by atoms with van der Waals surface area (Å²) < 4.78 is 27.4. The summed E-state index contributed by atoms with van der Waals surface area (Å²) in [5.74, 6) is -3.86. The summed E-state index contributed by atoms with van der Waals surface area (Å²) in [4.78, 5) is 44.2. The molecule has 4 aromatic rings. The van der Waals surface area contributed by atoms with E-state index in [1.807, 2.05) is 0 Å². The van der Waals surface area contributed by atoms with Crippen molar-refractivity contribution in [1.29, 1.82) is 0 Å². The number of aromatic nitrogens is 6. The van der Waals surface area contributed by atoms with Crippen LogP contribution in [0.1, 0.15) is 11.9 Å². The van der Waals surface area contributed by atoms with Crippen molar-refractivity contribution in [1.82, 2.24) is 29.5 Å². The smallest absolute Gasteiger partial charge is 0.348 e. The Balaban J connectivity index is 1.45. The first-order chi connectivity index (χ1) is 19.0. The Labute approximate surface area is 229 Å². The largest absolute Gasteiger partial charge is 0.479 e. The van der Waals surface area contributed by atoms with Gasteiger partial charge in [-0.3, -0.25) is 4.57 Å². The van der Waals surface area contributed by atoms with E-state index in [4.69, 9.17) is 26.8 Å². The van der Waals surface area contributed by atoms with Crippen molar-refractivity contribution >= 4 is 40.5 Å². The maximum absolute atomic E-state index is 15.9. The summed E-state index contributed by atoms with van der Waals surface area (Å²) in [6.07, 6.45) is -0.701. The first-order valence-corrected chi connectivity index (χ1v) is 11.9. The molecular formula is C24H21ClFN7O7. The van der Waals surface area contributed by atoms with Crippen LogP contribution in [0.2, 0.25) is 5.28 Å².